The normalized spacial score (nSPS) is 25.2. The van der Waals surface area contributed by atoms with Crippen molar-refractivity contribution < 1.29 is 4.79 Å². The highest BCUT2D eigenvalue weighted by atomic mass is 32.1. The monoisotopic (exact) mass is 392 g/mol. The van der Waals surface area contributed by atoms with Crippen LogP contribution in [-0.4, -0.2) is 22.0 Å². The predicted octanol–water partition coefficient (Wildman–Crippen LogP) is 5.26. The van der Waals surface area contributed by atoms with Crippen LogP contribution in [0.15, 0.2) is 60.7 Å². The van der Waals surface area contributed by atoms with E-state index in [9.17, 15) is 4.79 Å². The highest BCUT2D eigenvalue weighted by Crippen LogP contribution is 2.47. The maximum absolute atomic E-state index is 13.5. The second-order valence-corrected chi connectivity index (χ2v) is 9.48. The van der Waals surface area contributed by atoms with Crippen LogP contribution in [0.1, 0.15) is 39.2 Å². The van der Waals surface area contributed by atoms with Crippen LogP contribution in [0.4, 0.5) is 5.69 Å². The Morgan fingerprint density at radius 1 is 0.964 bits per heavy atom. The van der Waals surface area contributed by atoms with Gasteiger partial charge in [0.05, 0.1) is 11.6 Å². The van der Waals surface area contributed by atoms with E-state index in [4.69, 9.17) is 12.2 Å². The Labute approximate surface area is 173 Å². The zero-order valence-corrected chi connectivity index (χ0v) is 17.7. The Morgan fingerprint density at radius 2 is 1.57 bits per heavy atom. The molecule has 4 heteroatoms. The lowest BCUT2D eigenvalue weighted by Gasteiger charge is -2.44. The molecule has 0 spiro atoms. The minimum Gasteiger partial charge on any atom is -0.340 e. The first-order valence-corrected chi connectivity index (χ1v) is 10.5. The Hall–Kier alpha value is -2.20. The minimum atomic E-state index is -0.000145. The predicted molar refractivity (Wildman–Crippen MR) is 118 cm³/mol. The van der Waals surface area contributed by atoms with Crippen LogP contribution in [0, 0.1) is 17.3 Å². The summed E-state index contributed by atoms with van der Waals surface area (Å²) in [6.45, 7) is 7.60. The summed E-state index contributed by atoms with van der Waals surface area (Å²) in [6.07, 6.45) is 1.96. The van der Waals surface area contributed by atoms with E-state index >= 15 is 0 Å². The molecule has 0 bridgehead atoms. The van der Waals surface area contributed by atoms with Gasteiger partial charge in [-0.3, -0.25) is 9.69 Å². The number of rotatable bonds is 3. The molecular weight excluding hydrogens is 364 g/mol. The van der Waals surface area contributed by atoms with Crippen LogP contribution < -0.4 is 4.90 Å². The summed E-state index contributed by atoms with van der Waals surface area (Å²) < 4.78 is 0. The van der Waals surface area contributed by atoms with E-state index in [0.717, 1.165) is 25.1 Å². The largest absolute Gasteiger partial charge is 0.340 e. The molecule has 1 aliphatic carbocycles. The van der Waals surface area contributed by atoms with Crippen molar-refractivity contribution in [1.82, 2.24) is 4.90 Å². The number of para-hydroxylation sites is 1. The van der Waals surface area contributed by atoms with Gasteiger partial charge in [-0.1, -0.05) is 69.3 Å². The topological polar surface area (TPSA) is 23.6 Å². The van der Waals surface area contributed by atoms with Gasteiger partial charge in [0.1, 0.15) is 0 Å². The van der Waals surface area contributed by atoms with E-state index in [-0.39, 0.29) is 23.3 Å². The molecule has 3 atom stereocenters. The molecule has 2 aliphatic rings. The fraction of sp³-hybridized carbons (Fsp3) is 0.417. The van der Waals surface area contributed by atoms with Gasteiger partial charge in [-0.2, -0.15) is 0 Å². The Bertz CT molecular complexity index is 859. The lowest BCUT2D eigenvalue weighted by atomic mass is 9.79. The third-order valence-corrected chi connectivity index (χ3v) is 6.76. The zero-order chi connectivity index (χ0) is 19.9. The fourth-order valence-electron chi connectivity index (χ4n) is 4.64. The maximum Gasteiger partial charge on any atom is 0.238 e. The number of carbonyl (C=O) groups excluding carboxylic acids is 1. The average molecular weight is 393 g/mol. The summed E-state index contributed by atoms with van der Waals surface area (Å²) in [4.78, 5) is 17.6. The summed E-state index contributed by atoms with van der Waals surface area (Å²) in [5, 5.41) is 0.635. The first kappa shape index (κ1) is 19.1. The minimum absolute atomic E-state index is 0.000145. The van der Waals surface area contributed by atoms with Gasteiger partial charge in [0, 0.05) is 12.6 Å². The number of amides is 1. The van der Waals surface area contributed by atoms with E-state index < -0.39 is 0 Å². The number of hydrogen-bond donors (Lipinski definition) is 0. The SMILES string of the molecule is CC(C)(C)[C@H]1C[C@@H]2C(=O)N(c3ccccc3)C(=S)N(Cc3ccccc3)[C@@H]2C1. The van der Waals surface area contributed by atoms with Crippen molar-refractivity contribution in [3.63, 3.8) is 0 Å². The van der Waals surface area contributed by atoms with Crippen LogP contribution >= 0.6 is 12.2 Å². The van der Waals surface area contributed by atoms with Crippen LogP contribution in [0.25, 0.3) is 0 Å². The van der Waals surface area contributed by atoms with Crippen molar-refractivity contribution in [3.05, 3.63) is 66.2 Å². The molecule has 2 aromatic rings. The molecular formula is C24H28N2OS. The molecule has 2 fully saturated rings. The zero-order valence-electron chi connectivity index (χ0n) is 16.8. The second-order valence-electron chi connectivity index (χ2n) is 9.11. The van der Waals surface area contributed by atoms with E-state index in [1.54, 1.807) is 4.90 Å². The van der Waals surface area contributed by atoms with E-state index in [1.165, 1.54) is 5.56 Å². The van der Waals surface area contributed by atoms with Gasteiger partial charge in [-0.15, -0.1) is 0 Å². The van der Waals surface area contributed by atoms with Crippen molar-refractivity contribution in [3.8, 4) is 0 Å². The number of anilines is 1. The molecule has 1 saturated carbocycles. The third kappa shape index (κ3) is 3.46. The van der Waals surface area contributed by atoms with Crippen LogP contribution in [0.5, 0.6) is 0 Å². The molecule has 1 amide bonds. The number of fused-ring (bicyclic) bond motifs is 1. The standard InChI is InChI=1S/C24H28N2OS/c1-24(2,3)18-14-20-21(15-18)25(16-17-10-6-4-7-11-17)23(28)26(22(20)27)19-12-8-5-9-13-19/h4-13,18,20-21H,14-16H2,1-3H3/t18-,20-,21+/m0/s1. The number of nitrogens with zero attached hydrogens (tertiary/aromatic N) is 2. The van der Waals surface area contributed by atoms with Crippen molar-refractivity contribution in [2.45, 2.75) is 46.2 Å². The number of carbonyl (C=O) groups is 1. The number of benzene rings is 2. The van der Waals surface area contributed by atoms with E-state index in [2.05, 4.69) is 49.9 Å². The summed E-state index contributed by atoms with van der Waals surface area (Å²) in [5.74, 6) is 0.681. The fourth-order valence-corrected chi connectivity index (χ4v) is 5.04. The molecule has 28 heavy (non-hydrogen) atoms. The van der Waals surface area contributed by atoms with Gasteiger partial charge in [0.25, 0.3) is 0 Å². The van der Waals surface area contributed by atoms with Gasteiger partial charge in [-0.25, -0.2) is 0 Å². The highest BCUT2D eigenvalue weighted by molar-refractivity contribution is 7.80. The first-order chi connectivity index (χ1) is 13.4. The molecule has 4 rings (SSSR count). The average Bonchev–Trinajstić information content (AvgIpc) is 3.13. The van der Waals surface area contributed by atoms with Crippen LogP contribution in [0.3, 0.4) is 0 Å². The van der Waals surface area contributed by atoms with Crippen LogP contribution in [0.2, 0.25) is 0 Å². The lowest BCUT2D eigenvalue weighted by molar-refractivity contribution is -0.124. The summed E-state index contributed by atoms with van der Waals surface area (Å²) in [7, 11) is 0. The molecule has 2 aromatic carbocycles. The molecule has 0 unspecified atom stereocenters. The lowest BCUT2D eigenvalue weighted by Crippen LogP contribution is -2.60. The number of hydrogen-bond acceptors (Lipinski definition) is 2. The molecule has 1 heterocycles. The van der Waals surface area contributed by atoms with Crippen molar-refractivity contribution in [2.75, 3.05) is 4.90 Å². The quantitative estimate of drug-likeness (QED) is 0.666. The summed E-state index contributed by atoms with van der Waals surface area (Å²) >= 11 is 5.89. The third-order valence-electron chi connectivity index (χ3n) is 6.34. The van der Waals surface area contributed by atoms with Crippen molar-refractivity contribution in [2.24, 2.45) is 17.3 Å². The first-order valence-electron chi connectivity index (χ1n) is 10.1. The Kier molecular flexibility index (Phi) is 5.00. The van der Waals surface area contributed by atoms with E-state index in [0.29, 0.717) is 11.0 Å². The van der Waals surface area contributed by atoms with Gasteiger partial charge >= 0.3 is 0 Å². The van der Waals surface area contributed by atoms with Gasteiger partial charge in [-0.05, 0) is 54.1 Å². The van der Waals surface area contributed by atoms with Gasteiger partial charge < -0.3 is 4.90 Å². The van der Waals surface area contributed by atoms with Crippen molar-refractivity contribution in [1.29, 1.82) is 0 Å². The molecule has 1 saturated heterocycles. The van der Waals surface area contributed by atoms with Crippen molar-refractivity contribution >= 4 is 28.9 Å². The summed E-state index contributed by atoms with van der Waals surface area (Å²) in [5.41, 5.74) is 2.29. The van der Waals surface area contributed by atoms with Gasteiger partial charge in [0.2, 0.25) is 5.91 Å². The smallest absolute Gasteiger partial charge is 0.238 e. The molecule has 3 nitrogen and oxygen atoms in total. The second kappa shape index (κ2) is 7.32. The molecule has 0 aromatic heterocycles. The van der Waals surface area contributed by atoms with Crippen LogP contribution in [-0.2, 0) is 11.3 Å². The molecule has 0 radical (unpaired) electrons. The Balaban J connectivity index is 1.72. The Morgan fingerprint density at radius 3 is 2.18 bits per heavy atom. The van der Waals surface area contributed by atoms with Gasteiger partial charge in [0.15, 0.2) is 5.11 Å². The maximum atomic E-state index is 13.5. The van der Waals surface area contributed by atoms with E-state index in [1.807, 2.05) is 36.4 Å². The molecule has 1 aliphatic heterocycles. The highest BCUT2D eigenvalue weighted by Gasteiger charge is 2.51. The number of thiocarbonyl (C=S) groups is 1. The molecule has 0 N–H and O–H groups in total. The summed E-state index contributed by atoms with van der Waals surface area (Å²) in [6, 6.07) is 20.5. The molecule has 146 valence electrons.